The molecule has 1 saturated heterocycles. The molecular weight excluding hydrogens is 316 g/mol. The zero-order chi connectivity index (χ0) is 17.6. The third-order valence-electron chi connectivity index (χ3n) is 3.56. The number of methoxy groups -OCH3 is 1. The van der Waals surface area contributed by atoms with E-state index in [4.69, 9.17) is 29.2 Å². The van der Waals surface area contributed by atoms with Crippen LogP contribution in [0.15, 0.2) is 0 Å². The monoisotopic (exact) mass is 342 g/mol. The lowest BCUT2D eigenvalue weighted by atomic mass is 9.99. The average molecular weight is 342 g/mol. The Morgan fingerprint density at radius 3 is 2.26 bits per heavy atom. The molecule has 1 fully saturated rings. The molecule has 0 saturated carbocycles. The molecule has 8 atom stereocenters. The maximum absolute atomic E-state index is 10.0. The quantitative estimate of drug-likeness (QED) is 0.233. The fourth-order valence-electron chi connectivity index (χ4n) is 2.19. The van der Waals surface area contributed by atoms with Crippen molar-refractivity contribution in [1.82, 2.24) is 0 Å². The largest absolute Gasteiger partial charge is 0.394 e. The highest BCUT2D eigenvalue weighted by Crippen LogP contribution is 2.24. The van der Waals surface area contributed by atoms with Crippen LogP contribution >= 0.6 is 0 Å². The van der Waals surface area contributed by atoms with Gasteiger partial charge in [-0.15, -0.1) is 0 Å². The van der Waals surface area contributed by atoms with E-state index >= 15 is 0 Å². The van der Waals surface area contributed by atoms with Gasteiger partial charge in [-0.1, -0.05) is 0 Å². The highest BCUT2D eigenvalue weighted by atomic mass is 16.8. The standard InChI is InChI=1S/C13H26O10/c1-6(16)7(3-14)21-5-9(17)23-13-11(19)12(20-2)10(18)8(4-15)22-13/h6-19H,3-5H2,1-2H3/t6-,7?,8?,9-,10?,11?,12?,13?/m0/s1. The van der Waals surface area contributed by atoms with Crippen LogP contribution in [0.3, 0.4) is 0 Å². The first-order chi connectivity index (χ1) is 10.8. The van der Waals surface area contributed by atoms with Crippen LogP contribution in [0, 0.1) is 0 Å². The molecule has 0 radical (unpaired) electrons. The predicted molar refractivity (Wildman–Crippen MR) is 74.2 cm³/mol. The van der Waals surface area contributed by atoms with Gasteiger partial charge in [0.2, 0.25) is 0 Å². The molecule has 0 aliphatic carbocycles. The number of aliphatic hydroxyl groups excluding tert-OH is 6. The van der Waals surface area contributed by atoms with Crippen molar-refractivity contribution in [1.29, 1.82) is 0 Å². The van der Waals surface area contributed by atoms with Crippen molar-refractivity contribution in [3.63, 3.8) is 0 Å². The van der Waals surface area contributed by atoms with E-state index in [2.05, 4.69) is 0 Å². The molecule has 0 aromatic heterocycles. The van der Waals surface area contributed by atoms with E-state index in [9.17, 15) is 20.4 Å². The molecule has 1 aliphatic heterocycles. The second kappa shape index (κ2) is 9.79. The molecule has 138 valence electrons. The molecule has 1 aliphatic rings. The van der Waals surface area contributed by atoms with E-state index in [0.29, 0.717) is 0 Å². The highest BCUT2D eigenvalue weighted by molar-refractivity contribution is 4.90. The zero-order valence-corrected chi connectivity index (χ0v) is 13.1. The minimum Gasteiger partial charge on any atom is -0.394 e. The Bertz CT molecular complexity index is 328. The van der Waals surface area contributed by atoms with Crippen molar-refractivity contribution in [3.8, 4) is 0 Å². The summed E-state index contributed by atoms with van der Waals surface area (Å²) >= 11 is 0. The number of hydrogen-bond donors (Lipinski definition) is 6. The average Bonchev–Trinajstić information content (AvgIpc) is 2.50. The van der Waals surface area contributed by atoms with Crippen LogP contribution in [0.4, 0.5) is 0 Å². The van der Waals surface area contributed by atoms with Gasteiger partial charge < -0.3 is 49.6 Å². The first-order valence-electron chi connectivity index (χ1n) is 7.25. The van der Waals surface area contributed by atoms with Crippen molar-refractivity contribution >= 4 is 0 Å². The number of ether oxygens (including phenoxy) is 4. The number of hydrogen-bond acceptors (Lipinski definition) is 10. The minimum atomic E-state index is -1.53. The summed E-state index contributed by atoms with van der Waals surface area (Å²) in [4.78, 5) is 0. The van der Waals surface area contributed by atoms with Crippen LogP contribution in [0.1, 0.15) is 6.92 Å². The van der Waals surface area contributed by atoms with Crippen LogP contribution < -0.4 is 0 Å². The summed E-state index contributed by atoms with van der Waals surface area (Å²) in [6.45, 7) is 0.0392. The van der Waals surface area contributed by atoms with Gasteiger partial charge in [-0.25, -0.2) is 0 Å². The van der Waals surface area contributed by atoms with Gasteiger partial charge in [0.15, 0.2) is 12.6 Å². The Labute approximate surface area is 133 Å². The van der Waals surface area contributed by atoms with Crippen LogP contribution in [0.2, 0.25) is 0 Å². The third-order valence-corrected chi connectivity index (χ3v) is 3.56. The molecule has 0 spiro atoms. The second-order valence-corrected chi connectivity index (χ2v) is 5.29. The van der Waals surface area contributed by atoms with E-state index in [1.165, 1.54) is 14.0 Å². The molecule has 0 bridgehead atoms. The summed E-state index contributed by atoms with van der Waals surface area (Å²) in [5.41, 5.74) is 0. The molecule has 6 unspecified atom stereocenters. The summed E-state index contributed by atoms with van der Waals surface area (Å²) in [7, 11) is 1.27. The first kappa shape index (κ1) is 20.6. The van der Waals surface area contributed by atoms with Gasteiger partial charge in [-0.3, -0.25) is 0 Å². The van der Waals surface area contributed by atoms with Crippen LogP contribution in [-0.4, -0.2) is 107 Å². The van der Waals surface area contributed by atoms with E-state index in [-0.39, 0.29) is 0 Å². The summed E-state index contributed by atoms with van der Waals surface area (Å²) in [6.07, 6.45) is -9.53. The maximum Gasteiger partial charge on any atom is 0.189 e. The fraction of sp³-hybridized carbons (Fsp3) is 1.00. The Morgan fingerprint density at radius 2 is 1.78 bits per heavy atom. The third kappa shape index (κ3) is 5.57. The molecular formula is C13H26O10. The summed E-state index contributed by atoms with van der Waals surface area (Å²) < 4.78 is 20.3. The Hall–Kier alpha value is -0.400. The molecule has 10 heteroatoms. The summed E-state index contributed by atoms with van der Waals surface area (Å²) in [5.74, 6) is 0. The van der Waals surface area contributed by atoms with Crippen molar-refractivity contribution < 1.29 is 49.6 Å². The van der Waals surface area contributed by atoms with E-state index < -0.39 is 69.0 Å². The molecule has 6 N–H and O–H groups in total. The Kier molecular flexibility index (Phi) is 8.79. The van der Waals surface area contributed by atoms with Gasteiger partial charge in [-0.05, 0) is 6.92 Å². The molecule has 1 rings (SSSR count). The second-order valence-electron chi connectivity index (χ2n) is 5.29. The van der Waals surface area contributed by atoms with Gasteiger partial charge in [0, 0.05) is 7.11 Å². The smallest absolute Gasteiger partial charge is 0.189 e. The van der Waals surface area contributed by atoms with Crippen LogP contribution in [0.25, 0.3) is 0 Å². The van der Waals surface area contributed by atoms with Crippen LogP contribution in [-0.2, 0) is 18.9 Å². The van der Waals surface area contributed by atoms with E-state index in [1.807, 2.05) is 0 Å². The molecule has 23 heavy (non-hydrogen) atoms. The first-order valence-corrected chi connectivity index (χ1v) is 7.25. The maximum atomic E-state index is 10.0. The van der Waals surface area contributed by atoms with E-state index in [0.717, 1.165) is 0 Å². The lowest BCUT2D eigenvalue weighted by Gasteiger charge is -2.41. The van der Waals surface area contributed by atoms with Gasteiger partial charge in [0.05, 0.1) is 25.9 Å². The van der Waals surface area contributed by atoms with Crippen molar-refractivity contribution in [3.05, 3.63) is 0 Å². The lowest BCUT2D eigenvalue weighted by Crippen LogP contribution is -2.60. The Balaban J connectivity index is 2.56. The SMILES string of the molecule is COC1C(O)C(CO)OC(O[C@H](O)COC(CO)[C@H](C)O)C1O. The van der Waals surface area contributed by atoms with Crippen molar-refractivity contribution in [2.24, 2.45) is 0 Å². The Morgan fingerprint density at radius 1 is 1.13 bits per heavy atom. The molecule has 0 aromatic carbocycles. The zero-order valence-electron chi connectivity index (χ0n) is 13.1. The van der Waals surface area contributed by atoms with Crippen LogP contribution in [0.5, 0.6) is 0 Å². The molecule has 1 heterocycles. The molecule has 0 aromatic rings. The normalized spacial score (nSPS) is 35.7. The van der Waals surface area contributed by atoms with Gasteiger partial charge in [0.25, 0.3) is 0 Å². The minimum absolute atomic E-state index is 0.396. The molecule has 0 amide bonds. The van der Waals surface area contributed by atoms with Gasteiger partial charge in [-0.2, -0.15) is 0 Å². The summed E-state index contributed by atoms with van der Waals surface area (Å²) in [6, 6.07) is 0. The lowest BCUT2D eigenvalue weighted by molar-refractivity contribution is -0.339. The highest BCUT2D eigenvalue weighted by Gasteiger charge is 2.45. The fourth-order valence-corrected chi connectivity index (χ4v) is 2.19. The number of aliphatic hydroxyl groups is 6. The van der Waals surface area contributed by atoms with E-state index in [1.54, 1.807) is 0 Å². The molecule has 10 nitrogen and oxygen atoms in total. The van der Waals surface area contributed by atoms with Gasteiger partial charge >= 0.3 is 0 Å². The number of rotatable bonds is 9. The predicted octanol–water partition coefficient (Wildman–Crippen LogP) is -3.47. The van der Waals surface area contributed by atoms with Crippen molar-refractivity contribution in [2.45, 2.75) is 56.1 Å². The topological polar surface area (TPSA) is 158 Å². The summed E-state index contributed by atoms with van der Waals surface area (Å²) in [5, 5.41) is 57.1. The van der Waals surface area contributed by atoms with Crippen molar-refractivity contribution in [2.75, 3.05) is 26.9 Å². The van der Waals surface area contributed by atoms with Gasteiger partial charge in [0.1, 0.15) is 30.5 Å².